The Balaban J connectivity index is 1.74. The van der Waals surface area contributed by atoms with Crippen molar-refractivity contribution in [3.05, 3.63) is 54.1 Å². The molecule has 0 spiro atoms. The Morgan fingerprint density at radius 3 is 2.17 bits per heavy atom. The second kappa shape index (κ2) is 7.64. The van der Waals surface area contributed by atoms with Crippen LogP contribution in [0.1, 0.15) is 46.1 Å². The SMILES string of the molecule is CN(C(=N)/C=C\C(=N)c1cc2ccccc2cc1O)C1CC(C)(C)NC(C)(C)C1. The van der Waals surface area contributed by atoms with Crippen LogP contribution in [0.3, 0.4) is 0 Å². The topological polar surface area (TPSA) is 83.2 Å². The smallest absolute Gasteiger partial charge is 0.125 e. The van der Waals surface area contributed by atoms with Crippen LogP contribution < -0.4 is 5.32 Å². The van der Waals surface area contributed by atoms with E-state index in [1.165, 1.54) is 0 Å². The van der Waals surface area contributed by atoms with E-state index in [-0.39, 0.29) is 28.6 Å². The molecule has 0 amide bonds. The van der Waals surface area contributed by atoms with Gasteiger partial charge in [-0.15, -0.1) is 0 Å². The van der Waals surface area contributed by atoms with Gasteiger partial charge in [0.25, 0.3) is 0 Å². The van der Waals surface area contributed by atoms with Gasteiger partial charge in [-0.3, -0.25) is 5.41 Å². The van der Waals surface area contributed by atoms with Crippen LogP contribution in [-0.2, 0) is 0 Å². The average molecular weight is 393 g/mol. The first-order valence-corrected chi connectivity index (χ1v) is 10.1. The largest absolute Gasteiger partial charge is 0.507 e. The molecule has 1 heterocycles. The van der Waals surface area contributed by atoms with Crippen LogP contribution in [0.5, 0.6) is 5.75 Å². The minimum Gasteiger partial charge on any atom is -0.507 e. The van der Waals surface area contributed by atoms with Crippen molar-refractivity contribution in [3.8, 4) is 5.75 Å². The molecule has 154 valence electrons. The second-order valence-electron chi connectivity index (χ2n) is 9.41. The number of hydrogen-bond donors (Lipinski definition) is 4. The average Bonchev–Trinajstić information content (AvgIpc) is 2.62. The predicted molar refractivity (Wildman–Crippen MR) is 121 cm³/mol. The van der Waals surface area contributed by atoms with E-state index in [9.17, 15) is 5.11 Å². The van der Waals surface area contributed by atoms with Crippen LogP contribution in [0.4, 0.5) is 0 Å². The minimum atomic E-state index is 0.00820. The number of phenolic OH excluding ortho intramolecular Hbond substituents is 1. The van der Waals surface area contributed by atoms with Crippen molar-refractivity contribution in [2.75, 3.05) is 7.05 Å². The van der Waals surface area contributed by atoms with Gasteiger partial charge in [0.15, 0.2) is 0 Å². The number of nitrogens with zero attached hydrogens (tertiary/aromatic N) is 1. The number of phenols is 1. The van der Waals surface area contributed by atoms with Crippen LogP contribution in [-0.4, -0.2) is 45.7 Å². The molecule has 5 heteroatoms. The summed E-state index contributed by atoms with van der Waals surface area (Å²) in [6, 6.07) is 11.5. The van der Waals surface area contributed by atoms with Gasteiger partial charge in [-0.25, -0.2) is 0 Å². The maximum atomic E-state index is 10.3. The van der Waals surface area contributed by atoms with E-state index in [4.69, 9.17) is 10.8 Å². The van der Waals surface area contributed by atoms with Crippen LogP contribution in [0.2, 0.25) is 0 Å². The molecule has 1 saturated heterocycles. The lowest BCUT2D eigenvalue weighted by Crippen LogP contribution is -2.62. The fraction of sp³-hybridized carbons (Fsp3) is 0.417. The molecule has 0 bridgehead atoms. The summed E-state index contributed by atoms with van der Waals surface area (Å²) in [6.07, 6.45) is 5.15. The number of nitrogens with one attached hydrogen (secondary N) is 3. The molecule has 5 nitrogen and oxygen atoms in total. The van der Waals surface area contributed by atoms with Gasteiger partial charge >= 0.3 is 0 Å². The zero-order valence-corrected chi connectivity index (χ0v) is 18.0. The Morgan fingerprint density at radius 2 is 1.59 bits per heavy atom. The number of fused-ring (bicyclic) bond motifs is 1. The number of piperidine rings is 1. The number of allylic oxidation sites excluding steroid dienone is 1. The van der Waals surface area contributed by atoms with Gasteiger partial charge in [-0.1, -0.05) is 24.3 Å². The van der Waals surface area contributed by atoms with Gasteiger partial charge in [0.2, 0.25) is 0 Å². The van der Waals surface area contributed by atoms with E-state index >= 15 is 0 Å². The number of rotatable bonds is 4. The summed E-state index contributed by atoms with van der Waals surface area (Å²) >= 11 is 0. The van der Waals surface area contributed by atoms with Crippen molar-refractivity contribution in [2.45, 2.75) is 57.7 Å². The molecule has 2 aromatic rings. The van der Waals surface area contributed by atoms with Gasteiger partial charge < -0.3 is 20.7 Å². The molecule has 29 heavy (non-hydrogen) atoms. The first-order chi connectivity index (χ1) is 13.5. The van der Waals surface area contributed by atoms with E-state index in [0.29, 0.717) is 11.4 Å². The van der Waals surface area contributed by atoms with E-state index < -0.39 is 0 Å². The van der Waals surface area contributed by atoms with Crippen molar-refractivity contribution in [1.82, 2.24) is 10.2 Å². The molecule has 0 aliphatic carbocycles. The highest BCUT2D eigenvalue weighted by Gasteiger charge is 2.39. The molecule has 0 aromatic heterocycles. The standard InChI is InChI=1S/C24H32N4O/c1-23(2)14-18(15-24(3,4)27-23)28(5)22(26)11-10-20(25)19-12-16-8-6-7-9-17(16)13-21(19)29/h6-13,18,25-27,29H,14-15H2,1-5H3/b11-10-,25-20?,26-22?. The van der Waals surface area contributed by atoms with Crippen molar-refractivity contribution in [2.24, 2.45) is 0 Å². The third kappa shape index (κ3) is 4.85. The Bertz CT molecular complexity index is 958. The summed E-state index contributed by atoms with van der Waals surface area (Å²) < 4.78 is 0. The zero-order valence-electron chi connectivity index (χ0n) is 18.0. The molecule has 2 aromatic carbocycles. The van der Waals surface area contributed by atoms with Crippen LogP contribution in [0.25, 0.3) is 10.8 Å². The van der Waals surface area contributed by atoms with E-state index in [1.54, 1.807) is 18.2 Å². The van der Waals surface area contributed by atoms with Gasteiger partial charge in [-0.05, 0) is 75.6 Å². The quantitative estimate of drug-likeness (QED) is 0.450. The molecule has 0 atom stereocenters. The van der Waals surface area contributed by atoms with Crippen molar-refractivity contribution in [3.63, 3.8) is 0 Å². The Labute approximate surface area is 173 Å². The van der Waals surface area contributed by atoms with Crippen molar-refractivity contribution < 1.29 is 5.11 Å². The van der Waals surface area contributed by atoms with Gasteiger partial charge in [0, 0.05) is 29.7 Å². The minimum absolute atomic E-state index is 0.00820. The Morgan fingerprint density at radius 1 is 1.03 bits per heavy atom. The predicted octanol–water partition coefficient (Wildman–Crippen LogP) is 4.69. The highest BCUT2D eigenvalue weighted by Crippen LogP contribution is 2.31. The molecule has 0 saturated carbocycles. The Hall–Kier alpha value is -2.66. The number of amidine groups is 1. The first-order valence-electron chi connectivity index (χ1n) is 10.1. The van der Waals surface area contributed by atoms with Gasteiger partial charge in [-0.2, -0.15) is 0 Å². The molecule has 0 unspecified atom stereocenters. The van der Waals surface area contributed by atoms with E-state index in [1.807, 2.05) is 42.3 Å². The maximum absolute atomic E-state index is 10.3. The summed E-state index contributed by atoms with van der Waals surface area (Å²) in [5.41, 5.74) is 0.680. The van der Waals surface area contributed by atoms with Crippen molar-refractivity contribution in [1.29, 1.82) is 10.8 Å². The number of benzene rings is 2. The summed E-state index contributed by atoms with van der Waals surface area (Å²) in [5.74, 6) is 0.452. The highest BCUT2D eigenvalue weighted by molar-refractivity contribution is 6.12. The lowest BCUT2D eigenvalue weighted by atomic mass is 9.79. The Kier molecular flexibility index (Phi) is 5.54. The first kappa shape index (κ1) is 21.1. The summed E-state index contributed by atoms with van der Waals surface area (Å²) in [7, 11) is 1.95. The lowest BCUT2D eigenvalue weighted by molar-refractivity contribution is 0.114. The molecular formula is C24H32N4O. The maximum Gasteiger partial charge on any atom is 0.125 e. The summed E-state index contributed by atoms with van der Waals surface area (Å²) in [6.45, 7) is 8.80. The second-order valence-corrected chi connectivity index (χ2v) is 9.41. The lowest BCUT2D eigenvalue weighted by Gasteiger charge is -2.49. The number of hydrogen-bond acceptors (Lipinski definition) is 4. The highest BCUT2D eigenvalue weighted by atomic mass is 16.3. The molecule has 1 fully saturated rings. The summed E-state index contributed by atoms with van der Waals surface area (Å²) in [4.78, 5) is 1.99. The van der Waals surface area contributed by atoms with Gasteiger partial charge in [0.1, 0.15) is 11.6 Å². The van der Waals surface area contributed by atoms with Crippen LogP contribution in [0, 0.1) is 10.8 Å². The van der Waals surface area contributed by atoms with Gasteiger partial charge in [0.05, 0.1) is 5.71 Å². The molecule has 1 aliphatic heterocycles. The fourth-order valence-electron chi connectivity index (χ4n) is 4.55. The van der Waals surface area contributed by atoms with E-state index in [0.717, 1.165) is 23.6 Å². The van der Waals surface area contributed by atoms with Crippen LogP contribution >= 0.6 is 0 Å². The zero-order chi connectivity index (χ0) is 21.4. The molecule has 0 radical (unpaired) electrons. The third-order valence-electron chi connectivity index (χ3n) is 5.66. The number of likely N-dealkylation sites (N-methyl/N-ethyl adjacent to an activating group) is 1. The number of aromatic hydroxyl groups is 1. The summed E-state index contributed by atoms with van der Waals surface area (Å²) in [5, 5.41) is 32.8. The van der Waals surface area contributed by atoms with Crippen molar-refractivity contribution >= 4 is 22.3 Å². The molecular weight excluding hydrogens is 360 g/mol. The fourth-order valence-corrected chi connectivity index (χ4v) is 4.55. The monoisotopic (exact) mass is 392 g/mol. The third-order valence-corrected chi connectivity index (χ3v) is 5.66. The molecule has 4 N–H and O–H groups in total. The van der Waals surface area contributed by atoms with E-state index in [2.05, 4.69) is 33.0 Å². The van der Waals surface area contributed by atoms with Crippen LogP contribution in [0.15, 0.2) is 48.6 Å². The normalized spacial score (nSPS) is 18.8. The molecule has 3 rings (SSSR count). The molecule has 1 aliphatic rings.